The maximum atomic E-state index is 13.9. The lowest BCUT2D eigenvalue weighted by molar-refractivity contribution is 0.0696. The van der Waals surface area contributed by atoms with Crippen LogP contribution in [0.5, 0.6) is 11.5 Å². The lowest BCUT2D eigenvalue weighted by Crippen LogP contribution is -2.20. The van der Waals surface area contributed by atoms with Gasteiger partial charge in [0.2, 0.25) is 5.82 Å². The third-order valence-electron chi connectivity index (χ3n) is 7.52. The van der Waals surface area contributed by atoms with E-state index in [4.69, 9.17) is 18.9 Å². The molecule has 7 aromatic rings. The van der Waals surface area contributed by atoms with Gasteiger partial charge in [-0.3, -0.25) is 4.79 Å². The summed E-state index contributed by atoms with van der Waals surface area (Å²) in [5, 5.41) is 17.0. The molecule has 0 aliphatic carbocycles. The van der Waals surface area contributed by atoms with Gasteiger partial charge in [0.1, 0.15) is 23.7 Å². The minimum Gasteiger partial charge on any atom is -0.496 e. The fourth-order valence-electron chi connectivity index (χ4n) is 5.32. The van der Waals surface area contributed by atoms with E-state index in [1.165, 1.54) is 10.7 Å². The average Bonchev–Trinajstić information content (AvgIpc) is 3.52. The third-order valence-corrected chi connectivity index (χ3v) is 7.52. The number of rotatable bonds is 8. The van der Waals surface area contributed by atoms with Crippen LogP contribution in [-0.2, 0) is 6.61 Å². The zero-order valence-corrected chi connectivity index (χ0v) is 24.0. The molecule has 220 valence electrons. The Labute approximate surface area is 256 Å². The molecule has 0 aliphatic heterocycles. The number of benzene rings is 5. The quantitative estimate of drug-likeness (QED) is 0.186. The molecule has 45 heavy (non-hydrogen) atoms. The summed E-state index contributed by atoms with van der Waals surface area (Å²) in [7, 11) is 1.59. The zero-order chi connectivity index (χ0) is 30.9. The van der Waals surface area contributed by atoms with Crippen LogP contribution >= 0.6 is 0 Å². The van der Waals surface area contributed by atoms with E-state index in [1.54, 1.807) is 55.8 Å². The number of furan rings is 1. The number of nitrogens with zero attached hydrogens (tertiary/aromatic N) is 3. The highest BCUT2D eigenvalue weighted by atomic mass is 16.5. The molecule has 0 atom stereocenters. The number of hydrogen-bond acceptors (Lipinski definition) is 7. The number of carboxylic acids is 1. The second-order valence-corrected chi connectivity index (χ2v) is 10.3. The predicted octanol–water partition coefficient (Wildman–Crippen LogP) is 7.13. The Morgan fingerprint density at radius 1 is 0.889 bits per heavy atom. The number of carboxylic acid groups (broad SMARTS) is 1. The minimum absolute atomic E-state index is 0.129. The predicted molar refractivity (Wildman–Crippen MR) is 172 cm³/mol. The normalized spacial score (nSPS) is 11.5. The van der Waals surface area contributed by atoms with E-state index in [0.29, 0.717) is 44.9 Å². The summed E-state index contributed by atoms with van der Waals surface area (Å²) in [6, 6.07) is 32.5. The van der Waals surface area contributed by atoms with Crippen molar-refractivity contribution < 1.29 is 23.8 Å². The molecule has 2 heterocycles. The molecule has 9 nitrogen and oxygen atoms in total. The van der Waals surface area contributed by atoms with E-state index >= 15 is 0 Å². The first-order valence-corrected chi connectivity index (χ1v) is 14.1. The van der Waals surface area contributed by atoms with Crippen LogP contribution in [0.1, 0.15) is 21.5 Å². The summed E-state index contributed by atoms with van der Waals surface area (Å²) in [5.41, 5.74) is 2.24. The molecular weight excluding hydrogens is 570 g/mol. The summed E-state index contributed by atoms with van der Waals surface area (Å²) < 4.78 is 19.1. The number of aromatic carboxylic acids is 1. The standard InChI is InChI=1S/C36H25N3O6/c1-43-30-14-7-15-32-27(30)19-33(45-32)34-38-29-13-5-4-12-26(29)35(40)39(34)37-20-28-25-11-3-2-9-23(25)16-17-31(28)44-21-22-8-6-10-24(18-22)36(41)42/h2-20H,21H2,1H3,(H,41,42). The van der Waals surface area contributed by atoms with Gasteiger partial charge in [0, 0.05) is 5.56 Å². The number of fused-ring (bicyclic) bond motifs is 3. The summed E-state index contributed by atoms with van der Waals surface area (Å²) >= 11 is 0. The first-order valence-electron chi connectivity index (χ1n) is 14.1. The van der Waals surface area contributed by atoms with E-state index in [0.717, 1.165) is 16.2 Å². The highest BCUT2D eigenvalue weighted by molar-refractivity contribution is 6.02. The van der Waals surface area contributed by atoms with Gasteiger partial charge in [-0.15, -0.1) is 0 Å². The van der Waals surface area contributed by atoms with Crippen molar-refractivity contribution in [2.24, 2.45) is 5.10 Å². The molecule has 0 saturated carbocycles. The highest BCUT2D eigenvalue weighted by Crippen LogP contribution is 2.33. The van der Waals surface area contributed by atoms with E-state index in [1.807, 2.05) is 60.7 Å². The van der Waals surface area contributed by atoms with Gasteiger partial charge in [-0.05, 0) is 64.9 Å². The lowest BCUT2D eigenvalue weighted by Gasteiger charge is -2.13. The molecular formula is C36H25N3O6. The topological polar surface area (TPSA) is 116 Å². The van der Waals surface area contributed by atoms with Crippen LogP contribution in [0.15, 0.2) is 124 Å². The van der Waals surface area contributed by atoms with E-state index in [9.17, 15) is 14.7 Å². The summed E-state index contributed by atoms with van der Waals surface area (Å²) in [5.74, 6) is 0.703. The number of aromatic nitrogens is 2. The van der Waals surface area contributed by atoms with Crippen LogP contribution in [0.4, 0.5) is 0 Å². The first-order chi connectivity index (χ1) is 22.0. The van der Waals surface area contributed by atoms with Crippen LogP contribution in [-0.4, -0.2) is 34.1 Å². The van der Waals surface area contributed by atoms with Crippen molar-refractivity contribution in [3.8, 4) is 23.1 Å². The third kappa shape index (κ3) is 5.16. The van der Waals surface area contributed by atoms with Gasteiger partial charge in [0.05, 0.1) is 35.2 Å². The van der Waals surface area contributed by atoms with Crippen LogP contribution in [0.2, 0.25) is 0 Å². The maximum Gasteiger partial charge on any atom is 0.335 e. The summed E-state index contributed by atoms with van der Waals surface area (Å²) in [4.78, 5) is 30.1. The van der Waals surface area contributed by atoms with Crippen molar-refractivity contribution in [2.75, 3.05) is 7.11 Å². The van der Waals surface area contributed by atoms with Crippen LogP contribution in [0, 0.1) is 0 Å². The van der Waals surface area contributed by atoms with Gasteiger partial charge in [0.25, 0.3) is 5.56 Å². The van der Waals surface area contributed by atoms with Crippen molar-refractivity contribution in [2.45, 2.75) is 6.61 Å². The van der Waals surface area contributed by atoms with Gasteiger partial charge in [0.15, 0.2) is 5.76 Å². The monoisotopic (exact) mass is 595 g/mol. The number of para-hydroxylation sites is 1. The number of hydrogen-bond donors (Lipinski definition) is 1. The Kier molecular flexibility index (Phi) is 7.03. The molecule has 0 unspecified atom stereocenters. The molecule has 2 aromatic heterocycles. The lowest BCUT2D eigenvalue weighted by atomic mass is 10.0. The summed E-state index contributed by atoms with van der Waals surface area (Å²) in [6.45, 7) is 0.129. The molecule has 0 fully saturated rings. The number of ether oxygens (including phenoxy) is 2. The van der Waals surface area contributed by atoms with Crippen LogP contribution in [0.25, 0.3) is 44.2 Å². The fraction of sp³-hybridized carbons (Fsp3) is 0.0556. The van der Waals surface area contributed by atoms with Crippen molar-refractivity contribution in [1.29, 1.82) is 0 Å². The second-order valence-electron chi connectivity index (χ2n) is 10.3. The molecule has 0 bridgehead atoms. The van der Waals surface area contributed by atoms with Crippen molar-refractivity contribution in [1.82, 2.24) is 9.66 Å². The molecule has 0 aliphatic rings. The smallest absolute Gasteiger partial charge is 0.335 e. The Balaban J connectivity index is 1.37. The van der Waals surface area contributed by atoms with Crippen molar-refractivity contribution in [3.05, 3.63) is 136 Å². The number of methoxy groups -OCH3 is 1. The molecule has 7 rings (SSSR count). The average molecular weight is 596 g/mol. The zero-order valence-electron chi connectivity index (χ0n) is 24.0. The largest absolute Gasteiger partial charge is 0.496 e. The fourth-order valence-corrected chi connectivity index (χ4v) is 5.32. The number of carbonyl (C=O) groups is 1. The van der Waals surface area contributed by atoms with Gasteiger partial charge in [-0.2, -0.15) is 9.78 Å². The highest BCUT2D eigenvalue weighted by Gasteiger charge is 2.18. The van der Waals surface area contributed by atoms with E-state index in [-0.39, 0.29) is 23.6 Å². The Morgan fingerprint density at radius 3 is 2.53 bits per heavy atom. The van der Waals surface area contributed by atoms with Gasteiger partial charge >= 0.3 is 5.97 Å². The molecule has 5 aromatic carbocycles. The SMILES string of the molecule is COc1cccc2oc(-c3nc4ccccc4c(=O)n3N=Cc3c(OCc4cccc(C(=O)O)c4)ccc4ccccc34)cc12. The molecule has 0 saturated heterocycles. The van der Waals surface area contributed by atoms with Crippen LogP contribution in [0.3, 0.4) is 0 Å². The van der Waals surface area contributed by atoms with Crippen LogP contribution < -0.4 is 15.0 Å². The molecule has 1 N–H and O–H groups in total. The van der Waals surface area contributed by atoms with Gasteiger partial charge < -0.3 is 19.0 Å². The molecule has 0 radical (unpaired) electrons. The Hall–Kier alpha value is -6.22. The van der Waals surface area contributed by atoms with Crippen molar-refractivity contribution in [3.63, 3.8) is 0 Å². The Morgan fingerprint density at radius 2 is 1.69 bits per heavy atom. The summed E-state index contributed by atoms with van der Waals surface area (Å²) in [6.07, 6.45) is 1.58. The minimum atomic E-state index is -1.01. The Bertz CT molecular complexity index is 2340. The van der Waals surface area contributed by atoms with Crippen molar-refractivity contribution >= 4 is 44.8 Å². The van der Waals surface area contributed by atoms with Gasteiger partial charge in [-0.1, -0.05) is 60.7 Å². The molecule has 0 amide bonds. The first kappa shape index (κ1) is 27.6. The molecule has 0 spiro atoms. The van der Waals surface area contributed by atoms with E-state index in [2.05, 4.69) is 5.10 Å². The van der Waals surface area contributed by atoms with Gasteiger partial charge in [-0.25, -0.2) is 9.78 Å². The molecule has 9 heteroatoms. The maximum absolute atomic E-state index is 13.9. The second kappa shape index (κ2) is 11.5. The van der Waals surface area contributed by atoms with E-state index < -0.39 is 5.97 Å².